The minimum Gasteiger partial charge on any atom is -0.493 e. The topological polar surface area (TPSA) is 78.6 Å². The number of nitrogens with zero attached hydrogens (tertiary/aromatic N) is 4. The predicted molar refractivity (Wildman–Crippen MR) is 107 cm³/mol. The highest BCUT2D eigenvalue weighted by atomic mass is 32.1. The molecule has 0 saturated carbocycles. The highest BCUT2D eigenvalue weighted by molar-refractivity contribution is 7.16. The third-order valence-electron chi connectivity index (χ3n) is 4.36. The number of aromatic nitrogens is 4. The normalized spacial score (nSPS) is 10.9. The molecule has 28 heavy (non-hydrogen) atoms. The first-order chi connectivity index (χ1) is 13.7. The van der Waals surface area contributed by atoms with Crippen molar-refractivity contribution in [2.24, 2.45) is 0 Å². The SMILES string of the molecule is COc1ccc(CCc2nn3c(=O)c(-c4ccccc4)nnc3s2)cc1OC. The Morgan fingerprint density at radius 3 is 2.50 bits per heavy atom. The Bertz CT molecular complexity index is 1170. The van der Waals surface area contributed by atoms with Gasteiger partial charge in [-0.2, -0.15) is 9.61 Å². The molecule has 2 aromatic carbocycles. The summed E-state index contributed by atoms with van der Waals surface area (Å²) in [6, 6.07) is 15.1. The summed E-state index contributed by atoms with van der Waals surface area (Å²) in [5.74, 6) is 1.39. The van der Waals surface area contributed by atoms with Gasteiger partial charge in [-0.1, -0.05) is 47.7 Å². The van der Waals surface area contributed by atoms with E-state index < -0.39 is 0 Å². The Kier molecular flexibility index (Phi) is 5.03. The summed E-state index contributed by atoms with van der Waals surface area (Å²) >= 11 is 1.37. The third-order valence-corrected chi connectivity index (χ3v) is 5.31. The molecule has 142 valence electrons. The minimum absolute atomic E-state index is 0.259. The molecule has 4 rings (SSSR count). The number of methoxy groups -OCH3 is 2. The van der Waals surface area contributed by atoms with Crippen molar-refractivity contribution in [1.29, 1.82) is 0 Å². The zero-order valence-electron chi connectivity index (χ0n) is 15.5. The number of ether oxygens (including phenoxy) is 2. The Morgan fingerprint density at radius 1 is 0.964 bits per heavy atom. The lowest BCUT2D eigenvalue weighted by Crippen LogP contribution is -2.19. The van der Waals surface area contributed by atoms with E-state index in [1.54, 1.807) is 14.2 Å². The molecular weight excluding hydrogens is 376 g/mol. The van der Waals surface area contributed by atoms with Crippen LogP contribution < -0.4 is 15.0 Å². The molecule has 0 atom stereocenters. The van der Waals surface area contributed by atoms with Crippen molar-refractivity contribution in [2.45, 2.75) is 12.8 Å². The Hall–Kier alpha value is -3.26. The van der Waals surface area contributed by atoms with Gasteiger partial charge in [-0.3, -0.25) is 4.79 Å². The molecule has 0 saturated heterocycles. The summed E-state index contributed by atoms with van der Waals surface area (Å²) in [7, 11) is 3.23. The van der Waals surface area contributed by atoms with Crippen LogP contribution in [-0.4, -0.2) is 34.0 Å². The fourth-order valence-electron chi connectivity index (χ4n) is 2.92. The van der Waals surface area contributed by atoms with E-state index in [0.29, 0.717) is 28.6 Å². The average Bonchev–Trinajstić information content (AvgIpc) is 3.17. The number of fused-ring (bicyclic) bond motifs is 1. The highest BCUT2D eigenvalue weighted by Gasteiger charge is 2.13. The molecule has 0 aliphatic carbocycles. The van der Waals surface area contributed by atoms with Gasteiger partial charge < -0.3 is 9.47 Å². The molecule has 0 fully saturated rings. The smallest absolute Gasteiger partial charge is 0.302 e. The van der Waals surface area contributed by atoms with E-state index in [9.17, 15) is 4.79 Å². The Morgan fingerprint density at radius 2 is 1.75 bits per heavy atom. The second kappa shape index (κ2) is 7.77. The molecule has 0 spiro atoms. The number of rotatable bonds is 6. The van der Waals surface area contributed by atoms with Gasteiger partial charge in [-0.15, -0.1) is 10.2 Å². The fraction of sp³-hybridized carbons (Fsp3) is 0.200. The van der Waals surface area contributed by atoms with E-state index in [1.807, 2.05) is 48.5 Å². The molecule has 0 aliphatic rings. The van der Waals surface area contributed by atoms with Gasteiger partial charge in [-0.05, 0) is 24.1 Å². The number of benzene rings is 2. The van der Waals surface area contributed by atoms with Crippen LogP contribution in [0.1, 0.15) is 10.6 Å². The molecule has 0 amide bonds. The summed E-state index contributed by atoms with van der Waals surface area (Å²) < 4.78 is 11.9. The second-order valence-corrected chi connectivity index (χ2v) is 7.14. The summed E-state index contributed by atoms with van der Waals surface area (Å²) in [5.41, 5.74) is 1.87. The van der Waals surface area contributed by atoms with Crippen LogP contribution in [0.3, 0.4) is 0 Å². The number of hydrogen-bond acceptors (Lipinski definition) is 7. The zero-order valence-corrected chi connectivity index (χ0v) is 16.3. The van der Waals surface area contributed by atoms with Crippen LogP contribution in [-0.2, 0) is 12.8 Å². The molecule has 0 bridgehead atoms. The average molecular weight is 394 g/mol. The van der Waals surface area contributed by atoms with Crippen molar-refractivity contribution in [1.82, 2.24) is 19.8 Å². The van der Waals surface area contributed by atoms with Crippen LogP contribution in [0.2, 0.25) is 0 Å². The van der Waals surface area contributed by atoms with Crippen LogP contribution in [0, 0.1) is 0 Å². The van der Waals surface area contributed by atoms with E-state index in [1.165, 1.54) is 15.9 Å². The molecule has 0 N–H and O–H groups in total. The molecule has 7 nitrogen and oxygen atoms in total. The van der Waals surface area contributed by atoms with Gasteiger partial charge in [0.1, 0.15) is 5.01 Å². The van der Waals surface area contributed by atoms with E-state index in [0.717, 1.165) is 22.6 Å². The lowest BCUT2D eigenvalue weighted by atomic mass is 10.1. The first-order valence-corrected chi connectivity index (χ1v) is 9.53. The zero-order chi connectivity index (χ0) is 19.5. The first kappa shape index (κ1) is 18.1. The number of aryl methyl sites for hydroxylation is 2. The van der Waals surface area contributed by atoms with Crippen molar-refractivity contribution in [3.05, 3.63) is 69.5 Å². The van der Waals surface area contributed by atoms with E-state index in [2.05, 4.69) is 15.3 Å². The van der Waals surface area contributed by atoms with Crippen LogP contribution >= 0.6 is 11.3 Å². The molecule has 0 radical (unpaired) electrons. The Labute approximate surface area is 165 Å². The summed E-state index contributed by atoms with van der Waals surface area (Å²) in [5, 5.41) is 13.6. The van der Waals surface area contributed by atoms with Crippen molar-refractivity contribution >= 4 is 16.3 Å². The largest absolute Gasteiger partial charge is 0.493 e. The van der Waals surface area contributed by atoms with Gasteiger partial charge in [0, 0.05) is 12.0 Å². The predicted octanol–water partition coefficient (Wildman–Crippen LogP) is 3.02. The molecule has 2 heterocycles. The van der Waals surface area contributed by atoms with Crippen LogP contribution in [0.4, 0.5) is 0 Å². The van der Waals surface area contributed by atoms with E-state index in [4.69, 9.17) is 9.47 Å². The molecule has 0 aliphatic heterocycles. The van der Waals surface area contributed by atoms with Crippen molar-refractivity contribution in [3.63, 3.8) is 0 Å². The summed E-state index contributed by atoms with van der Waals surface area (Å²) in [6.45, 7) is 0. The molecule has 4 aromatic rings. The first-order valence-electron chi connectivity index (χ1n) is 8.71. The van der Waals surface area contributed by atoms with E-state index in [-0.39, 0.29) is 5.56 Å². The number of hydrogen-bond donors (Lipinski definition) is 0. The minimum atomic E-state index is -0.259. The van der Waals surface area contributed by atoms with Crippen LogP contribution in [0.5, 0.6) is 11.5 Å². The van der Waals surface area contributed by atoms with Gasteiger partial charge in [-0.25, -0.2) is 0 Å². The lowest BCUT2D eigenvalue weighted by Gasteiger charge is -2.08. The maximum Gasteiger partial charge on any atom is 0.302 e. The second-order valence-electron chi connectivity index (χ2n) is 6.10. The molecule has 0 unspecified atom stereocenters. The monoisotopic (exact) mass is 394 g/mol. The van der Waals surface area contributed by atoms with E-state index >= 15 is 0 Å². The van der Waals surface area contributed by atoms with Crippen LogP contribution in [0.25, 0.3) is 16.2 Å². The summed E-state index contributed by atoms with van der Waals surface area (Å²) in [4.78, 5) is 13.2. The van der Waals surface area contributed by atoms with Crippen molar-refractivity contribution in [3.8, 4) is 22.8 Å². The molecular formula is C20H18N4O3S. The highest BCUT2D eigenvalue weighted by Crippen LogP contribution is 2.28. The third kappa shape index (κ3) is 3.46. The molecule has 2 aromatic heterocycles. The maximum absolute atomic E-state index is 12.7. The quantitative estimate of drug-likeness (QED) is 0.500. The van der Waals surface area contributed by atoms with Crippen LogP contribution in [0.15, 0.2) is 53.3 Å². The van der Waals surface area contributed by atoms with Gasteiger partial charge in [0.25, 0.3) is 0 Å². The van der Waals surface area contributed by atoms with Crippen molar-refractivity contribution < 1.29 is 9.47 Å². The van der Waals surface area contributed by atoms with Crippen molar-refractivity contribution in [2.75, 3.05) is 14.2 Å². The fourth-order valence-corrected chi connectivity index (χ4v) is 3.75. The van der Waals surface area contributed by atoms with Gasteiger partial charge in [0.05, 0.1) is 14.2 Å². The van der Waals surface area contributed by atoms with Gasteiger partial charge >= 0.3 is 5.56 Å². The van der Waals surface area contributed by atoms with Gasteiger partial charge in [0.2, 0.25) is 4.96 Å². The van der Waals surface area contributed by atoms with Gasteiger partial charge in [0.15, 0.2) is 17.2 Å². The molecule has 8 heteroatoms. The standard InChI is InChI=1S/C20H18N4O3S/c1-26-15-10-8-13(12-16(15)27-2)9-11-17-23-24-19(25)18(21-22-20(24)28-17)14-6-4-3-5-7-14/h3-8,10,12H,9,11H2,1-2H3. The Balaban J connectivity index is 1.59. The maximum atomic E-state index is 12.7. The summed E-state index contributed by atoms with van der Waals surface area (Å²) in [6.07, 6.45) is 1.44. The lowest BCUT2D eigenvalue weighted by molar-refractivity contribution is 0.354.